The van der Waals surface area contributed by atoms with E-state index in [1.807, 2.05) is 0 Å². The standard InChI is InChI=1S/C28H25FN2O8/c1-31(2)21-20-23(34)17-14(10-11-6-8-12(29)9-7-11)13-4-3-5-15(32)16(13)22(33)18(17)25(36)28(20,39)26(37)19(24(21)35)27(30)38/h3-10,17-21,23,32,34,39H,1-2H3,(H2,30,38)/b14-10+/t17-,18?,19?,20-,21+,23+,28+/m0/s1. The molecule has 2 fully saturated rings. The molecule has 2 aromatic rings. The van der Waals surface area contributed by atoms with E-state index in [1.54, 1.807) is 0 Å². The van der Waals surface area contributed by atoms with Crippen molar-refractivity contribution in [3.8, 4) is 5.75 Å². The maximum Gasteiger partial charge on any atom is 0.235 e. The molecule has 0 aromatic heterocycles. The number of Topliss-reactive ketones (excluding diaryl/α,β-unsaturated/α-hetero) is 4. The maximum atomic E-state index is 14.0. The van der Waals surface area contributed by atoms with Gasteiger partial charge in [0.25, 0.3) is 0 Å². The second kappa shape index (κ2) is 9.01. The number of ketones is 4. The van der Waals surface area contributed by atoms with Gasteiger partial charge in [-0.3, -0.25) is 28.9 Å². The van der Waals surface area contributed by atoms with Gasteiger partial charge >= 0.3 is 0 Å². The number of phenolic OH excluding ortho intramolecular Hbond substituents is 1. The van der Waals surface area contributed by atoms with Crippen molar-refractivity contribution in [3.05, 3.63) is 65.0 Å². The van der Waals surface area contributed by atoms with E-state index in [2.05, 4.69) is 0 Å². The van der Waals surface area contributed by atoms with Gasteiger partial charge in [-0.1, -0.05) is 30.3 Å². The minimum absolute atomic E-state index is 0.188. The first-order valence-electron chi connectivity index (χ1n) is 12.1. The lowest BCUT2D eigenvalue weighted by atomic mass is 9.50. The number of hydrogen-bond acceptors (Lipinski definition) is 9. The predicted octanol–water partition coefficient (Wildman–Crippen LogP) is -0.0250. The number of halogens is 1. The number of rotatable bonds is 3. The first-order valence-corrected chi connectivity index (χ1v) is 12.1. The number of hydrogen-bond donors (Lipinski definition) is 4. The van der Waals surface area contributed by atoms with E-state index in [0.29, 0.717) is 5.56 Å². The van der Waals surface area contributed by atoms with Gasteiger partial charge in [-0.25, -0.2) is 4.39 Å². The fraction of sp³-hybridized carbons (Fsp3) is 0.321. The molecule has 39 heavy (non-hydrogen) atoms. The third-order valence-electron chi connectivity index (χ3n) is 8.06. The number of nitrogens with two attached hydrogens (primary N) is 1. The summed E-state index contributed by atoms with van der Waals surface area (Å²) in [6, 6.07) is 7.93. The van der Waals surface area contributed by atoms with E-state index in [4.69, 9.17) is 5.73 Å². The quantitative estimate of drug-likeness (QED) is 0.393. The Morgan fingerprint density at radius 2 is 1.69 bits per heavy atom. The molecule has 1 amide bonds. The summed E-state index contributed by atoms with van der Waals surface area (Å²) in [6.45, 7) is 0. The van der Waals surface area contributed by atoms with E-state index in [1.165, 1.54) is 67.5 Å². The summed E-state index contributed by atoms with van der Waals surface area (Å²) in [6.07, 6.45) is -0.315. The Bertz CT molecular complexity index is 1480. The molecule has 2 unspecified atom stereocenters. The zero-order valence-corrected chi connectivity index (χ0v) is 20.9. The highest BCUT2D eigenvalue weighted by Crippen LogP contribution is 2.54. The Labute approximate surface area is 221 Å². The summed E-state index contributed by atoms with van der Waals surface area (Å²) in [5.41, 5.74) is 2.78. The number of likely N-dealkylation sites (N-methyl/N-ethyl adjacent to an activating group) is 1. The van der Waals surface area contributed by atoms with Gasteiger partial charge in [0.1, 0.15) is 11.6 Å². The van der Waals surface area contributed by atoms with Gasteiger partial charge in [0.15, 0.2) is 34.7 Å². The van der Waals surface area contributed by atoms with Crippen LogP contribution < -0.4 is 5.73 Å². The summed E-state index contributed by atoms with van der Waals surface area (Å²) < 4.78 is 13.6. The number of phenols is 1. The number of benzene rings is 2. The maximum absolute atomic E-state index is 14.0. The Morgan fingerprint density at radius 3 is 2.28 bits per heavy atom. The van der Waals surface area contributed by atoms with Crippen LogP contribution in [0.2, 0.25) is 0 Å². The molecule has 202 valence electrons. The Morgan fingerprint density at radius 1 is 1.05 bits per heavy atom. The molecule has 11 heteroatoms. The van der Waals surface area contributed by atoms with Gasteiger partial charge in [-0.05, 0) is 49.0 Å². The lowest BCUT2D eigenvalue weighted by Gasteiger charge is -2.55. The molecule has 0 radical (unpaired) electrons. The zero-order valence-electron chi connectivity index (χ0n) is 20.9. The van der Waals surface area contributed by atoms with Gasteiger partial charge in [0.2, 0.25) is 5.91 Å². The molecule has 0 heterocycles. The second-order valence-corrected chi connectivity index (χ2v) is 10.4. The van der Waals surface area contributed by atoms with Crippen molar-refractivity contribution in [3.63, 3.8) is 0 Å². The third kappa shape index (κ3) is 3.61. The van der Waals surface area contributed by atoms with Gasteiger partial charge in [-0.15, -0.1) is 0 Å². The number of fused-ring (bicyclic) bond motifs is 3. The zero-order chi connectivity index (χ0) is 28.5. The number of carbonyl (C=O) groups is 5. The number of amides is 1. The van der Waals surface area contributed by atoms with E-state index in [-0.39, 0.29) is 16.7 Å². The molecule has 10 nitrogen and oxygen atoms in total. The average molecular weight is 537 g/mol. The topological polar surface area (TPSA) is 175 Å². The fourth-order valence-corrected chi connectivity index (χ4v) is 6.41. The minimum atomic E-state index is -3.10. The third-order valence-corrected chi connectivity index (χ3v) is 8.06. The molecule has 5 rings (SSSR count). The van der Waals surface area contributed by atoms with Gasteiger partial charge in [-0.2, -0.15) is 0 Å². The summed E-state index contributed by atoms with van der Waals surface area (Å²) in [4.78, 5) is 67.9. The highest BCUT2D eigenvalue weighted by atomic mass is 19.1. The molecule has 3 aliphatic rings. The van der Waals surface area contributed by atoms with E-state index in [0.717, 1.165) is 0 Å². The number of nitrogens with zero attached hydrogens (tertiary/aromatic N) is 1. The molecule has 0 spiro atoms. The number of carbonyl (C=O) groups excluding carboxylic acids is 5. The van der Waals surface area contributed by atoms with Crippen molar-refractivity contribution in [2.24, 2.45) is 29.4 Å². The van der Waals surface area contributed by atoms with Crippen LogP contribution in [-0.2, 0) is 19.2 Å². The van der Waals surface area contributed by atoms with Crippen LogP contribution in [0.1, 0.15) is 21.5 Å². The molecule has 0 aliphatic heterocycles. The number of primary amides is 1. The molecule has 7 atom stereocenters. The normalized spacial score (nSPS) is 33.1. The molecule has 2 aromatic carbocycles. The monoisotopic (exact) mass is 536 g/mol. The molecule has 5 N–H and O–H groups in total. The predicted molar refractivity (Wildman–Crippen MR) is 133 cm³/mol. The molecule has 0 saturated heterocycles. The molecular formula is C28H25FN2O8. The smallest absolute Gasteiger partial charge is 0.235 e. The van der Waals surface area contributed by atoms with Crippen LogP contribution in [0.25, 0.3) is 11.6 Å². The van der Waals surface area contributed by atoms with Crippen molar-refractivity contribution in [1.82, 2.24) is 4.90 Å². The summed E-state index contributed by atoms with van der Waals surface area (Å²) in [5, 5.41) is 34.1. The summed E-state index contributed by atoms with van der Waals surface area (Å²) >= 11 is 0. The molecule has 2 saturated carbocycles. The Kier molecular flexibility index (Phi) is 6.13. The van der Waals surface area contributed by atoms with E-state index < -0.39 is 82.0 Å². The highest BCUT2D eigenvalue weighted by molar-refractivity contribution is 6.33. The van der Waals surface area contributed by atoms with Crippen molar-refractivity contribution in [1.29, 1.82) is 0 Å². The summed E-state index contributed by atoms with van der Waals surface area (Å²) in [5.74, 6) is -14.2. The fourth-order valence-electron chi connectivity index (χ4n) is 6.41. The van der Waals surface area contributed by atoms with Crippen LogP contribution in [0.4, 0.5) is 4.39 Å². The number of aromatic hydroxyl groups is 1. The van der Waals surface area contributed by atoms with E-state index >= 15 is 0 Å². The summed E-state index contributed by atoms with van der Waals surface area (Å²) in [7, 11) is 2.82. The van der Waals surface area contributed by atoms with Crippen molar-refractivity contribution < 1.29 is 43.7 Å². The van der Waals surface area contributed by atoms with Gasteiger partial charge in [0, 0.05) is 5.92 Å². The largest absolute Gasteiger partial charge is 0.507 e. The van der Waals surface area contributed by atoms with Gasteiger partial charge in [0.05, 0.1) is 29.5 Å². The van der Waals surface area contributed by atoms with Crippen LogP contribution in [0, 0.1) is 29.5 Å². The number of aliphatic hydroxyl groups excluding tert-OH is 1. The minimum Gasteiger partial charge on any atom is -0.507 e. The van der Waals surface area contributed by atoms with Crippen LogP contribution in [0.5, 0.6) is 5.75 Å². The first-order chi connectivity index (χ1) is 18.3. The highest BCUT2D eigenvalue weighted by Gasteiger charge is 2.72. The van der Waals surface area contributed by atoms with Crippen molar-refractivity contribution in [2.45, 2.75) is 17.7 Å². The molecular weight excluding hydrogens is 511 g/mol. The van der Waals surface area contributed by atoms with Crippen LogP contribution >= 0.6 is 0 Å². The second-order valence-electron chi connectivity index (χ2n) is 10.4. The lowest BCUT2D eigenvalue weighted by molar-refractivity contribution is -0.192. The molecule has 0 bridgehead atoms. The van der Waals surface area contributed by atoms with E-state index in [9.17, 15) is 43.7 Å². The van der Waals surface area contributed by atoms with Crippen molar-refractivity contribution in [2.75, 3.05) is 14.1 Å². The SMILES string of the molecule is CN(C)[C@H]1C(=O)C(C(N)=O)C(=O)[C@]2(O)C(=O)C3C(=O)c4c(O)cccc4/C(=C\c4ccc(F)cc4)[C@@H]3[C@@H](O)[C@H]12. The van der Waals surface area contributed by atoms with Crippen LogP contribution in [0.15, 0.2) is 42.5 Å². The van der Waals surface area contributed by atoms with Crippen LogP contribution in [0.3, 0.4) is 0 Å². The molecule has 3 aliphatic carbocycles. The first kappa shape index (κ1) is 26.5. The Balaban J connectivity index is 1.79. The lowest BCUT2D eigenvalue weighted by Crippen LogP contribution is -2.77. The average Bonchev–Trinajstić information content (AvgIpc) is 2.86. The van der Waals surface area contributed by atoms with Crippen LogP contribution in [-0.4, -0.2) is 81.1 Å². The Hall–Kier alpha value is -4.06. The van der Waals surface area contributed by atoms with Gasteiger partial charge < -0.3 is 21.1 Å². The van der Waals surface area contributed by atoms with Crippen molar-refractivity contribution >= 4 is 40.7 Å². The number of aliphatic hydroxyl groups is 2.